The van der Waals surface area contributed by atoms with E-state index in [-0.39, 0.29) is 5.82 Å². The maximum Gasteiger partial charge on any atom is 0.129 e. The van der Waals surface area contributed by atoms with E-state index in [1.165, 1.54) is 12.1 Å². The van der Waals surface area contributed by atoms with Crippen molar-refractivity contribution in [3.05, 3.63) is 59.5 Å². The molecule has 3 nitrogen and oxygen atoms in total. The van der Waals surface area contributed by atoms with Crippen molar-refractivity contribution in [1.29, 1.82) is 5.26 Å². The molecule has 0 unspecified atom stereocenters. The lowest BCUT2D eigenvalue weighted by atomic mass is 10.1. The zero-order valence-corrected chi connectivity index (χ0v) is 12.4. The summed E-state index contributed by atoms with van der Waals surface area (Å²) < 4.78 is 20.3. The van der Waals surface area contributed by atoms with Crippen LogP contribution in [0.2, 0.25) is 0 Å². The number of ether oxygens (including phenoxy) is 1. The number of fused-ring (bicyclic) bond motifs is 1. The number of hydrogen-bond acceptors (Lipinski definition) is 2. The van der Waals surface area contributed by atoms with Crippen LogP contribution < -0.4 is 4.74 Å². The smallest absolute Gasteiger partial charge is 0.129 e. The molecule has 4 heteroatoms. The number of nitrogens with zero attached hydrogens (tertiary/aromatic N) is 2. The molecule has 0 amide bonds. The molecule has 0 aliphatic rings. The summed E-state index contributed by atoms with van der Waals surface area (Å²) in [6, 6.07) is 14.2. The lowest BCUT2D eigenvalue weighted by Gasteiger charge is -2.07. The van der Waals surface area contributed by atoms with Crippen LogP contribution in [0.3, 0.4) is 0 Å². The highest BCUT2D eigenvalue weighted by atomic mass is 19.1. The van der Waals surface area contributed by atoms with Gasteiger partial charge in [-0.3, -0.25) is 0 Å². The molecule has 110 valence electrons. The maximum atomic E-state index is 13.2. The van der Waals surface area contributed by atoms with Crippen LogP contribution in [0, 0.1) is 17.1 Å². The van der Waals surface area contributed by atoms with Gasteiger partial charge in [0.25, 0.3) is 0 Å². The monoisotopic (exact) mass is 294 g/mol. The van der Waals surface area contributed by atoms with Gasteiger partial charge in [-0.05, 0) is 54.4 Å². The predicted molar refractivity (Wildman–Crippen MR) is 83.9 cm³/mol. The number of rotatable bonds is 3. The van der Waals surface area contributed by atoms with E-state index in [0.717, 1.165) is 34.3 Å². The Labute approximate surface area is 128 Å². The van der Waals surface area contributed by atoms with Crippen molar-refractivity contribution in [2.45, 2.75) is 13.3 Å². The fraction of sp³-hybridized carbons (Fsp3) is 0.167. The van der Waals surface area contributed by atoms with Crippen molar-refractivity contribution in [1.82, 2.24) is 4.57 Å². The first-order valence-electron chi connectivity index (χ1n) is 7.07. The summed E-state index contributed by atoms with van der Waals surface area (Å²) in [7, 11) is 1.62. The molecule has 0 saturated carbocycles. The highest BCUT2D eigenvalue weighted by molar-refractivity contribution is 5.89. The Balaban J connectivity index is 2.38. The Morgan fingerprint density at radius 3 is 2.50 bits per heavy atom. The summed E-state index contributed by atoms with van der Waals surface area (Å²) in [6.07, 6.45) is 0.737. The number of aromatic nitrogens is 1. The zero-order chi connectivity index (χ0) is 15.7. The van der Waals surface area contributed by atoms with Crippen molar-refractivity contribution in [2.24, 2.45) is 0 Å². The highest BCUT2D eigenvalue weighted by Gasteiger charge is 2.17. The SMILES string of the molecule is CCc1c(C#N)n(-c2ccc(F)cc2)c2ccc(OC)cc12. The molecular formula is C18H15FN2O. The third-order valence-corrected chi connectivity index (χ3v) is 3.82. The fourth-order valence-corrected chi connectivity index (χ4v) is 2.80. The first-order valence-corrected chi connectivity index (χ1v) is 7.07. The Hall–Kier alpha value is -2.80. The second kappa shape index (κ2) is 5.53. The standard InChI is InChI=1S/C18H15FN2O/c1-3-15-16-10-14(22-2)8-9-17(16)21(18(15)11-20)13-6-4-12(19)5-7-13/h4-10H,3H2,1-2H3. The molecule has 1 aromatic heterocycles. The van der Waals surface area contributed by atoms with Crippen LogP contribution in [-0.2, 0) is 6.42 Å². The van der Waals surface area contributed by atoms with Gasteiger partial charge in [-0.25, -0.2) is 4.39 Å². The number of hydrogen-bond donors (Lipinski definition) is 0. The van der Waals surface area contributed by atoms with Crippen molar-refractivity contribution in [2.75, 3.05) is 7.11 Å². The van der Waals surface area contributed by atoms with Gasteiger partial charge in [0.1, 0.15) is 23.3 Å². The lowest BCUT2D eigenvalue weighted by Crippen LogP contribution is -1.98. The molecule has 0 spiro atoms. The molecule has 0 aliphatic heterocycles. The molecule has 0 atom stereocenters. The minimum Gasteiger partial charge on any atom is -0.497 e. The zero-order valence-electron chi connectivity index (χ0n) is 12.4. The van der Waals surface area contributed by atoms with Crippen LogP contribution in [0.4, 0.5) is 4.39 Å². The number of halogens is 1. The second-order valence-electron chi connectivity index (χ2n) is 4.99. The number of nitriles is 1. The Morgan fingerprint density at radius 2 is 1.91 bits per heavy atom. The third-order valence-electron chi connectivity index (χ3n) is 3.82. The quantitative estimate of drug-likeness (QED) is 0.725. The van der Waals surface area contributed by atoms with E-state index in [4.69, 9.17) is 4.74 Å². The fourth-order valence-electron chi connectivity index (χ4n) is 2.80. The van der Waals surface area contributed by atoms with E-state index in [2.05, 4.69) is 6.07 Å². The van der Waals surface area contributed by atoms with Gasteiger partial charge in [0, 0.05) is 11.1 Å². The van der Waals surface area contributed by atoms with E-state index >= 15 is 0 Å². The first kappa shape index (κ1) is 14.2. The number of aryl methyl sites for hydroxylation is 1. The van der Waals surface area contributed by atoms with Crippen LogP contribution in [0.15, 0.2) is 42.5 Å². The number of benzene rings is 2. The van der Waals surface area contributed by atoms with Gasteiger partial charge in [0.15, 0.2) is 0 Å². The summed E-state index contributed by atoms with van der Waals surface area (Å²) in [6.45, 7) is 2.02. The highest BCUT2D eigenvalue weighted by Crippen LogP contribution is 2.32. The predicted octanol–water partition coefficient (Wildman–Crippen LogP) is 4.21. The van der Waals surface area contributed by atoms with Crippen molar-refractivity contribution >= 4 is 10.9 Å². The van der Waals surface area contributed by atoms with Gasteiger partial charge in [0.2, 0.25) is 0 Å². The topological polar surface area (TPSA) is 38.0 Å². The van der Waals surface area contributed by atoms with Crippen LogP contribution in [0.1, 0.15) is 18.2 Å². The van der Waals surface area contributed by atoms with Crippen molar-refractivity contribution in [3.63, 3.8) is 0 Å². The van der Waals surface area contributed by atoms with Gasteiger partial charge in [-0.15, -0.1) is 0 Å². The second-order valence-corrected chi connectivity index (χ2v) is 4.99. The normalized spacial score (nSPS) is 10.6. The first-order chi connectivity index (χ1) is 10.7. The van der Waals surface area contributed by atoms with Crippen molar-refractivity contribution < 1.29 is 9.13 Å². The molecule has 0 aliphatic carbocycles. The summed E-state index contributed by atoms with van der Waals surface area (Å²) in [5.74, 6) is 0.457. The van der Waals surface area contributed by atoms with Crippen LogP contribution >= 0.6 is 0 Å². The van der Waals surface area contributed by atoms with E-state index in [1.807, 2.05) is 29.7 Å². The lowest BCUT2D eigenvalue weighted by molar-refractivity contribution is 0.415. The summed E-state index contributed by atoms with van der Waals surface area (Å²) in [5.41, 5.74) is 3.24. The Bertz CT molecular complexity index is 873. The summed E-state index contributed by atoms with van der Waals surface area (Å²) in [5, 5.41) is 10.6. The Kier molecular flexibility index (Phi) is 3.56. The Morgan fingerprint density at radius 1 is 1.18 bits per heavy atom. The summed E-state index contributed by atoms with van der Waals surface area (Å²) in [4.78, 5) is 0. The maximum absolute atomic E-state index is 13.2. The van der Waals surface area contributed by atoms with Gasteiger partial charge >= 0.3 is 0 Å². The molecule has 0 radical (unpaired) electrons. The third kappa shape index (κ3) is 2.11. The molecule has 0 fully saturated rings. The van der Waals surface area contributed by atoms with Gasteiger partial charge in [-0.2, -0.15) is 5.26 Å². The van der Waals surface area contributed by atoms with Crippen LogP contribution in [0.25, 0.3) is 16.6 Å². The molecule has 22 heavy (non-hydrogen) atoms. The van der Waals surface area contributed by atoms with Crippen LogP contribution in [-0.4, -0.2) is 11.7 Å². The van der Waals surface area contributed by atoms with E-state index < -0.39 is 0 Å². The average molecular weight is 294 g/mol. The minimum atomic E-state index is -0.295. The summed E-state index contributed by atoms with van der Waals surface area (Å²) >= 11 is 0. The van der Waals surface area contributed by atoms with Crippen LogP contribution in [0.5, 0.6) is 5.75 Å². The molecule has 3 aromatic rings. The van der Waals surface area contributed by atoms with Crippen molar-refractivity contribution in [3.8, 4) is 17.5 Å². The molecule has 1 heterocycles. The molecular weight excluding hydrogens is 279 g/mol. The van der Waals surface area contributed by atoms with E-state index in [9.17, 15) is 9.65 Å². The average Bonchev–Trinajstić information content (AvgIpc) is 2.88. The number of methoxy groups -OCH3 is 1. The minimum absolute atomic E-state index is 0.295. The molecule has 0 bridgehead atoms. The molecule has 0 saturated heterocycles. The van der Waals surface area contributed by atoms with Gasteiger partial charge < -0.3 is 9.30 Å². The molecule has 0 N–H and O–H groups in total. The van der Waals surface area contributed by atoms with Gasteiger partial charge in [-0.1, -0.05) is 6.92 Å². The van der Waals surface area contributed by atoms with Gasteiger partial charge in [0.05, 0.1) is 12.6 Å². The van der Waals surface area contributed by atoms with E-state index in [1.54, 1.807) is 19.2 Å². The molecule has 3 rings (SSSR count). The van der Waals surface area contributed by atoms with E-state index in [0.29, 0.717) is 5.69 Å². The molecule has 2 aromatic carbocycles. The largest absolute Gasteiger partial charge is 0.497 e.